The number of rotatable bonds is 1. The van der Waals surface area contributed by atoms with E-state index in [1.165, 1.54) is 17.9 Å². The van der Waals surface area contributed by atoms with Crippen molar-refractivity contribution in [1.29, 1.82) is 0 Å². The van der Waals surface area contributed by atoms with Crippen molar-refractivity contribution in [3.8, 4) is 0 Å². The Balaban J connectivity index is 0. The molecule has 0 aliphatic heterocycles. The van der Waals surface area contributed by atoms with Gasteiger partial charge in [-0.1, -0.05) is 60.8 Å². The Kier molecular flexibility index (Phi) is 15.0. The first-order chi connectivity index (χ1) is 16.6. The lowest BCUT2D eigenvalue weighted by Gasteiger charge is -2.40. The van der Waals surface area contributed by atoms with Crippen molar-refractivity contribution in [2.24, 2.45) is 27.1 Å². The second-order valence-corrected chi connectivity index (χ2v) is 7.33. The highest BCUT2D eigenvalue weighted by atomic mass is 19.4. The standard InChI is InChI=1S/C9H12F6O.C8H10N4O2.3C2H6/c10-8(11,12)7(16,9(13,14)15)6-4-2-1-3-5-6;1-10-4-9-6-5(10)7(13)12(3)8(14)11(6)2;3*1-2/h6,16H,1-5H2;4H,1-3H3;3*1-2H3. The van der Waals surface area contributed by atoms with E-state index < -0.39 is 23.9 Å². The Morgan fingerprint density at radius 1 is 0.806 bits per heavy atom. The van der Waals surface area contributed by atoms with Gasteiger partial charge >= 0.3 is 18.0 Å². The number of nitrogens with zero attached hydrogens (tertiary/aromatic N) is 4. The maximum absolute atomic E-state index is 12.4. The van der Waals surface area contributed by atoms with Gasteiger partial charge in [0.1, 0.15) is 0 Å². The molecule has 0 bridgehead atoms. The predicted octanol–water partition coefficient (Wildman–Crippen LogP) is 5.47. The molecule has 36 heavy (non-hydrogen) atoms. The summed E-state index contributed by atoms with van der Waals surface area (Å²) in [7, 11) is 4.77. The Morgan fingerprint density at radius 2 is 1.22 bits per heavy atom. The van der Waals surface area contributed by atoms with Crippen LogP contribution in [-0.4, -0.2) is 41.7 Å². The van der Waals surface area contributed by atoms with Crippen LogP contribution in [0.25, 0.3) is 11.2 Å². The summed E-state index contributed by atoms with van der Waals surface area (Å²) >= 11 is 0. The predicted molar refractivity (Wildman–Crippen MR) is 129 cm³/mol. The van der Waals surface area contributed by atoms with Gasteiger partial charge in [-0.15, -0.1) is 0 Å². The third kappa shape index (κ3) is 7.59. The lowest BCUT2D eigenvalue weighted by atomic mass is 9.76. The Morgan fingerprint density at radius 3 is 1.61 bits per heavy atom. The second kappa shape index (κ2) is 15.1. The van der Waals surface area contributed by atoms with Crippen molar-refractivity contribution < 1.29 is 31.4 Å². The minimum Gasteiger partial charge on any atom is -0.373 e. The molecule has 0 spiro atoms. The number of aliphatic hydroxyl groups is 1. The zero-order chi connectivity index (χ0) is 29.1. The van der Waals surface area contributed by atoms with Crippen LogP contribution in [-0.2, 0) is 21.1 Å². The summed E-state index contributed by atoms with van der Waals surface area (Å²) in [4.78, 5) is 27.2. The Hall–Kier alpha value is -2.31. The zero-order valence-corrected chi connectivity index (χ0v) is 22.5. The van der Waals surface area contributed by atoms with E-state index in [4.69, 9.17) is 5.11 Å². The van der Waals surface area contributed by atoms with Crippen molar-refractivity contribution in [1.82, 2.24) is 18.7 Å². The van der Waals surface area contributed by atoms with E-state index in [-0.39, 0.29) is 24.1 Å². The Bertz CT molecular complexity index is 1000. The van der Waals surface area contributed by atoms with E-state index in [0.717, 1.165) is 4.57 Å². The van der Waals surface area contributed by atoms with Crippen LogP contribution < -0.4 is 11.2 Å². The third-order valence-corrected chi connectivity index (χ3v) is 5.38. The molecule has 1 saturated carbocycles. The van der Waals surface area contributed by atoms with Crippen LogP contribution in [0.5, 0.6) is 0 Å². The molecule has 7 nitrogen and oxygen atoms in total. The van der Waals surface area contributed by atoms with E-state index in [1.807, 2.05) is 41.5 Å². The van der Waals surface area contributed by atoms with Crippen molar-refractivity contribution in [2.45, 2.75) is 91.6 Å². The number of fused-ring (bicyclic) bond motifs is 1. The summed E-state index contributed by atoms with van der Waals surface area (Å²) in [6.07, 6.45) is -9.11. The highest BCUT2D eigenvalue weighted by Crippen LogP contribution is 2.51. The van der Waals surface area contributed by atoms with Gasteiger partial charge in [-0.25, -0.2) is 9.78 Å². The lowest BCUT2D eigenvalue weighted by molar-refractivity contribution is -0.387. The van der Waals surface area contributed by atoms with E-state index >= 15 is 0 Å². The molecule has 212 valence electrons. The molecular weight excluding hydrogens is 494 g/mol. The summed E-state index contributed by atoms with van der Waals surface area (Å²) in [5.41, 5.74) is -4.38. The van der Waals surface area contributed by atoms with E-state index in [9.17, 15) is 35.9 Å². The van der Waals surface area contributed by atoms with Gasteiger partial charge in [-0.3, -0.25) is 13.9 Å². The molecule has 1 aliphatic rings. The van der Waals surface area contributed by atoms with Crippen LogP contribution >= 0.6 is 0 Å². The van der Waals surface area contributed by atoms with Gasteiger partial charge in [-0.2, -0.15) is 26.3 Å². The highest BCUT2D eigenvalue weighted by Gasteiger charge is 2.73. The zero-order valence-electron chi connectivity index (χ0n) is 22.5. The number of aromatic nitrogens is 4. The van der Waals surface area contributed by atoms with Gasteiger partial charge in [0.25, 0.3) is 11.2 Å². The smallest absolute Gasteiger partial charge is 0.373 e. The largest absolute Gasteiger partial charge is 0.426 e. The maximum Gasteiger partial charge on any atom is 0.426 e. The topological polar surface area (TPSA) is 82.0 Å². The quantitative estimate of drug-likeness (QED) is 0.492. The average molecular weight is 535 g/mol. The van der Waals surface area contributed by atoms with E-state index in [0.29, 0.717) is 30.4 Å². The van der Waals surface area contributed by atoms with Crippen LogP contribution in [0, 0.1) is 5.92 Å². The van der Waals surface area contributed by atoms with Gasteiger partial charge in [0.15, 0.2) is 11.2 Å². The van der Waals surface area contributed by atoms with Gasteiger partial charge in [0, 0.05) is 27.1 Å². The van der Waals surface area contributed by atoms with Gasteiger partial charge in [0.05, 0.1) is 6.33 Å². The van der Waals surface area contributed by atoms with Crippen molar-refractivity contribution in [3.05, 3.63) is 27.2 Å². The van der Waals surface area contributed by atoms with Crippen LogP contribution in [0.4, 0.5) is 26.3 Å². The fourth-order valence-electron chi connectivity index (χ4n) is 3.62. The Labute approximate surface area is 207 Å². The molecule has 0 saturated heterocycles. The molecule has 0 aromatic carbocycles. The molecule has 1 fully saturated rings. The summed E-state index contributed by atoms with van der Waals surface area (Å²) in [6, 6.07) is 0. The molecule has 0 atom stereocenters. The highest BCUT2D eigenvalue weighted by molar-refractivity contribution is 5.69. The molecule has 2 heterocycles. The summed E-state index contributed by atoms with van der Waals surface area (Å²) in [5.74, 6) is -1.78. The van der Waals surface area contributed by atoms with E-state index in [2.05, 4.69) is 4.98 Å². The number of hydrogen-bond acceptors (Lipinski definition) is 4. The fourth-order valence-corrected chi connectivity index (χ4v) is 3.62. The number of halogens is 6. The first kappa shape index (κ1) is 35.8. The normalized spacial score (nSPS) is 14.2. The minimum absolute atomic E-state index is 0.241. The molecular formula is C23H40F6N4O3. The van der Waals surface area contributed by atoms with Gasteiger partial charge in [0.2, 0.25) is 0 Å². The lowest BCUT2D eigenvalue weighted by Crippen LogP contribution is -2.61. The third-order valence-electron chi connectivity index (χ3n) is 5.38. The molecule has 1 N–H and O–H groups in total. The number of hydrogen-bond donors (Lipinski definition) is 1. The number of imidazole rings is 1. The first-order valence-corrected chi connectivity index (χ1v) is 12.1. The molecule has 13 heteroatoms. The summed E-state index contributed by atoms with van der Waals surface area (Å²) in [5, 5.41) is 9.06. The van der Waals surface area contributed by atoms with Crippen molar-refractivity contribution >= 4 is 11.2 Å². The van der Waals surface area contributed by atoms with Crippen LogP contribution in [0.15, 0.2) is 15.9 Å². The molecule has 2 aromatic rings. The van der Waals surface area contributed by atoms with Crippen LogP contribution in [0.2, 0.25) is 0 Å². The monoisotopic (exact) mass is 534 g/mol. The maximum atomic E-state index is 12.4. The van der Waals surface area contributed by atoms with Gasteiger partial charge in [-0.05, 0) is 12.8 Å². The average Bonchev–Trinajstić information content (AvgIpc) is 3.25. The molecule has 0 unspecified atom stereocenters. The SMILES string of the molecule is CC.CC.CC.Cn1c(=O)c2c(ncn2C)n(C)c1=O.OC(C1CCCCC1)(C(F)(F)F)C(F)(F)F. The van der Waals surface area contributed by atoms with E-state index in [1.54, 1.807) is 18.7 Å². The summed E-state index contributed by atoms with van der Waals surface area (Å²) < 4.78 is 78.5. The molecule has 0 amide bonds. The first-order valence-electron chi connectivity index (χ1n) is 12.1. The number of aryl methyl sites for hydroxylation is 2. The van der Waals surface area contributed by atoms with Crippen LogP contribution in [0.3, 0.4) is 0 Å². The fraction of sp³-hybridized carbons (Fsp3) is 0.783. The van der Waals surface area contributed by atoms with Crippen molar-refractivity contribution in [3.63, 3.8) is 0 Å². The molecule has 0 radical (unpaired) electrons. The molecule has 2 aromatic heterocycles. The summed E-state index contributed by atoms with van der Waals surface area (Å²) in [6.45, 7) is 12.0. The van der Waals surface area contributed by atoms with Gasteiger partial charge < -0.3 is 9.67 Å². The van der Waals surface area contributed by atoms with Crippen molar-refractivity contribution in [2.75, 3.05) is 0 Å². The molecule has 3 rings (SSSR count). The minimum atomic E-state index is -5.67. The molecule has 1 aliphatic carbocycles. The van der Waals surface area contributed by atoms with Crippen LogP contribution in [0.1, 0.15) is 73.6 Å². The number of alkyl halides is 6. The second-order valence-electron chi connectivity index (χ2n) is 7.33.